The average molecular weight is 379 g/mol. The number of carbonyl (C=O) groups is 1. The van der Waals surface area contributed by atoms with Crippen LogP contribution in [0.2, 0.25) is 0 Å². The van der Waals surface area contributed by atoms with Gasteiger partial charge in [0.25, 0.3) is 0 Å². The molecule has 1 atom stereocenters. The summed E-state index contributed by atoms with van der Waals surface area (Å²) in [6.07, 6.45) is 5.51. The SMILES string of the molecule is CCCCNc1nc(N)nc2cn(Cc3ccc([C@@H]4CCC(=O)N4)cc3)nc12. The zero-order valence-electron chi connectivity index (χ0n) is 16.0. The van der Waals surface area contributed by atoms with Crippen LogP contribution in [0, 0.1) is 0 Å². The van der Waals surface area contributed by atoms with Crippen molar-refractivity contribution in [3.8, 4) is 0 Å². The summed E-state index contributed by atoms with van der Waals surface area (Å²) in [5.74, 6) is 1.05. The number of hydrogen-bond acceptors (Lipinski definition) is 6. The number of amides is 1. The van der Waals surface area contributed by atoms with Crippen molar-refractivity contribution in [2.45, 2.75) is 45.2 Å². The van der Waals surface area contributed by atoms with Crippen LogP contribution in [0.1, 0.15) is 49.8 Å². The van der Waals surface area contributed by atoms with Gasteiger partial charge in [-0.25, -0.2) is 4.98 Å². The molecular weight excluding hydrogens is 354 g/mol. The van der Waals surface area contributed by atoms with Crippen LogP contribution in [0.15, 0.2) is 30.5 Å². The first-order chi connectivity index (χ1) is 13.6. The van der Waals surface area contributed by atoms with Crippen molar-refractivity contribution < 1.29 is 4.79 Å². The molecule has 1 fully saturated rings. The molecule has 8 nitrogen and oxygen atoms in total. The second-order valence-electron chi connectivity index (χ2n) is 7.17. The third kappa shape index (κ3) is 3.90. The number of nitrogen functional groups attached to an aromatic ring is 1. The highest BCUT2D eigenvalue weighted by Crippen LogP contribution is 2.24. The van der Waals surface area contributed by atoms with Crippen molar-refractivity contribution in [1.29, 1.82) is 0 Å². The van der Waals surface area contributed by atoms with Crippen LogP contribution in [0.5, 0.6) is 0 Å². The molecule has 0 aliphatic carbocycles. The minimum atomic E-state index is 0.126. The van der Waals surface area contributed by atoms with Gasteiger partial charge in [-0.15, -0.1) is 0 Å². The average Bonchev–Trinajstić information content (AvgIpc) is 3.28. The van der Waals surface area contributed by atoms with E-state index in [1.165, 1.54) is 0 Å². The third-order valence-electron chi connectivity index (χ3n) is 4.97. The third-order valence-corrected chi connectivity index (χ3v) is 4.97. The van der Waals surface area contributed by atoms with E-state index in [0.717, 1.165) is 48.0 Å². The van der Waals surface area contributed by atoms with Crippen molar-refractivity contribution in [2.75, 3.05) is 17.6 Å². The van der Waals surface area contributed by atoms with Gasteiger partial charge in [0.15, 0.2) is 11.3 Å². The standard InChI is InChI=1S/C20H25N7O/c1-2-3-10-22-19-18-16(24-20(21)25-19)12-27(26-18)11-13-4-6-14(7-5-13)15-8-9-17(28)23-15/h4-7,12,15H,2-3,8-11H2,1H3,(H,23,28)(H3,21,22,24,25)/t15-/m0/s1. The molecule has 1 amide bonds. The molecule has 1 saturated heterocycles. The Labute approximate surface area is 163 Å². The summed E-state index contributed by atoms with van der Waals surface area (Å²) < 4.78 is 1.86. The fourth-order valence-electron chi connectivity index (χ4n) is 3.47. The Hall–Kier alpha value is -3.16. The molecule has 3 aromatic rings. The normalized spacial score (nSPS) is 16.5. The minimum absolute atomic E-state index is 0.126. The maximum Gasteiger partial charge on any atom is 0.222 e. The number of nitrogens with two attached hydrogens (primary N) is 1. The Bertz CT molecular complexity index is 980. The number of nitrogens with zero attached hydrogens (tertiary/aromatic N) is 4. The van der Waals surface area contributed by atoms with Crippen molar-refractivity contribution in [2.24, 2.45) is 0 Å². The van der Waals surface area contributed by atoms with Crippen LogP contribution in [0.4, 0.5) is 11.8 Å². The zero-order chi connectivity index (χ0) is 19.5. The van der Waals surface area contributed by atoms with E-state index in [4.69, 9.17) is 5.73 Å². The summed E-state index contributed by atoms with van der Waals surface area (Å²) in [5, 5.41) is 11.0. The number of benzene rings is 1. The van der Waals surface area contributed by atoms with Gasteiger partial charge in [-0.2, -0.15) is 10.1 Å². The Balaban J connectivity index is 1.51. The van der Waals surface area contributed by atoms with Gasteiger partial charge in [-0.05, 0) is 24.0 Å². The topological polar surface area (TPSA) is 111 Å². The van der Waals surface area contributed by atoms with Crippen LogP contribution in [0.3, 0.4) is 0 Å². The lowest BCUT2D eigenvalue weighted by Gasteiger charge is -2.11. The lowest BCUT2D eigenvalue weighted by atomic mass is 10.0. The number of unbranched alkanes of at least 4 members (excludes halogenated alkanes) is 1. The number of anilines is 2. The summed E-state index contributed by atoms with van der Waals surface area (Å²) in [6.45, 7) is 3.60. The Morgan fingerprint density at radius 3 is 2.82 bits per heavy atom. The molecule has 0 radical (unpaired) electrons. The lowest BCUT2D eigenvalue weighted by Crippen LogP contribution is -2.18. The van der Waals surface area contributed by atoms with Gasteiger partial charge >= 0.3 is 0 Å². The Morgan fingerprint density at radius 1 is 1.29 bits per heavy atom. The van der Waals surface area contributed by atoms with Crippen LogP contribution in [-0.4, -0.2) is 32.2 Å². The van der Waals surface area contributed by atoms with Gasteiger partial charge in [-0.3, -0.25) is 9.48 Å². The largest absolute Gasteiger partial charge is 0.368 e. The van der Waals surface area contributed by atoms with E-state index in [9.17, 15) is 4.79 Å². The van der Waals surface area contributed by atoms with Gasteiger partial charge in [0.05, 0.1) is 18.8 Å². The van der Waals surface area contributed by atoms with Gasteiger partial charge in [0, 0.05) is 13.0 Å². The summed E-state index contributed by atoms with van der Waals surface area (Å²) in [5.41, 5.74) is 9.58. The summed E-state index contributed by atoms with van der Waals surface area (Å²) >= 11 is 0. The van der Waals surface area contributed by atoms with Crippen molar-refractivity contribution >= 4 is 28.7 Å². The molecule has 0 saturated carbocycles. The number of hydrogen-bond donors (Lipinski definition) is 3. The first kappa shape index (κ1) is 18.2. The molecule has 1 aliphatic heterocycles. The molecule has 8 heteroatoms. The first-order valence-corrected chi connectivity index (χ1v) is 9.75. The molecule has 2 aromatic heterocycles. The van der Waals surface area contributed by atoms with Gasteiger partial charge < -0.3 is 16.4 Å². The minimum Gasteiger partial charge on any atom is -0.368 e. The van der Waals surface area contributed by atoms with Crippen molar-refractivity contribution in [1.82, 2.24) is 25.1 Å². The highest BCUT2D eigenvalue weighted by atomic mass is 16.1. The second-order valence-corrected chi connectivity index (χ2v) is 7.17. The fraction of sp³-hybridized carbons (Fsp3) is 0.400. The molecule has 4 N–H and O–H groups in total. The Morgan fingerprint density at radius 2 is 2.11 bits per heavy atom. The smallest absolute Gasteiger partial charge is 0.222 e. The molecule has 0 spiro atoms. The molecule has 28 heavy (non-hydrogen) atoms. The predicted octanol–water partition coefficient (Wildman–Crippen LogP) is 2.62. The molecule has 0 bridgehead atoms. The number of rotatable bonds is 7. The van der Waals surface area contributed by atoms with E-state index in [0.29, 0.717) is 18.8 Å². The quantitative estimate of drug-likeness (QED) is 0.544. The maximum absolute atomic E-state index is 11.4. The van der Waals surface area contributed by atoms with Crippen LogP contribution >= 0.6 is 0 Å². The van der Waals surface area contributed by atoms with Crippen molar-refractivity contribution in [3.63, 3.8) is 0 Å². The molecule has 146 valence electrons. The van der Waals surface area contributed by atoms with Crippen molar-refractivity contribution in [3.05, 3.63) is 41.6 Å². The van der Waals surface area contributed by atoms with Crippen LogP contribution in [0.25, 0.3) is 11.0 Å². The summed E-state index contributed by atoms with van der Waals surface area (Å²) in [7, 11) is 0. The van der Waals surface area contributed by atoms with Gasteiger partial charge in [0.1, 0.15) is 5.52 Å². The zero-order valence-corrected chi connectivity index (χ0v) is 16.0. The molecular formula is C20H25N7O. The fourth-order valence-corrected chi connectivity index (χ4v) is 3.47. The van der Waals surface area contributed by atoms with Crippen LogP contribution in [-0.2, 0) is 11.3 Å². The molecule has 1 aromatic carbocycles. The molecule has 1 aliphatic rings. The van der Waals surface area contributed by atoms with Gasteiger partial charge in [-0.1, -0.05) is 37.6 Å². The van der Waals surface area contributed by atoms with E-state index in [2.05, 4.69) is 56.9 Å². The maximum atomic E-state index is 11.4. The van der Waals surface area contributed by atoms with Gasteiger partial charge in [0.2, 0.25) is 11.9 Å². The molecule has 4 rings (SSSR count). The predicted molar refractivity (Wildman–Crippen MR) is 109 cm³/mol. The van der Waals surface area contributed by atoms with Crippen LogP contribution < -0.4 is 16.4 Å². The number of nitrogens with one attached hydrogen (secondary N) is 2. The van der Waals surface area contributed by atoms with E-state index >= 15 is 0 Å². The molecule has 0 unspecified atom stereocenters. The summed E-state index contributed by atoms with van der Waals surface area (Å²) in [6, 6.07) is 8.43. The van der Waals surface area contributed by atoms with E-state index in [1.807, 2.05) is 10.9 Å². The van der Waals surface area contributed by atoms with E-state index < -0.39 is 0 Å². The monoisotopic (exact) mass is 379 g/mol. The highest BCUT2D eigenvalue weighted by molar-refractivity contribution is 5.85. The number of aromatic nitrogens is 4. The second kappa shape index (κ2) is 7.84. The highest BCUT2D eigenvalue weighted by Gasteiger charge is 2.21. The first-order valence-electron chi connectivity index (χ1n) is 9.75. The number of carbonyl (C=O) groups excluding carboxylic acids is 1. The van der Waals surface area contributed by atoms with E-state index in [1.54, 1.807) is 0 Å². The molecule has 3 heterocycles. The number of fused-ring (bicyclic) bond motifs is 1. The Kier molecular flexibility index (Phi) is 5.10. The lowest BCUT2D eigenvalue weighted by molar-refractivity contribution is -0.119. The summed E-state index contributed by atoms with van der Waals surface area (Å²) in [4.78, 5) is 20.0. The van der Waals surface area contributed by atoms with E-state index in [-0.39, 0.29) is 17.9 Å².